The lowest BCUT2D eigenvalue weighted by molar-refractivity contribution is 0.0541. The predicted octanol–water partition coefficient (Wildman–Crippen LogP) is 0.634. The van der Waals surface area contributed by atoms with Crippen LogP contribution >= 0.6 is 0 Å². The van der Waals surface area contributed by atoms with Crippen LogP contribution in [0.3, 0.4) is 0 Å². The number of H-pyrrole nitrogens is 2. The van der Waals surface area contributed by atoms with Crippen LogP contribution < -0.4 is 4.74 Å². The average Bonchev–Trinajstić information content (AvgIpc) is 3.15. The summed E-state index contributed by atoms with van der Waals surface area (Å²) < 4.78 is 4.80. The van der Waals surface area contributed by atoms with Gasteiger partial charge >= 0.3 is 12.0 Å². The fourth-order valence-electron chi connectivity index (χ4n) is 1.88. The highest BCUT2D eigenvalue weighted by atomic mass is 16.5. The molecule has 2 heterocycles. The number of aliphatic hydroxyl groups excluding tert-OH is 2. The zero-order chi connectivity index (χ0) is 15.1. The lowest BCUT2D eigenvalue weighted by Gasteiger charge is -2.20. The summed E-state index contributed by atoms with van der Waals surface area (Å²) in [5.74, 6) is -0.420. The van der Waals surface area contributed by atoms with Crippen LogP contribution in [-0.2, 0) is 0 Å². The number of imidazole rings is 2. The van der Waals surface area contributed by atoms with E-state index in [4.69, 9.17) is 14.9 Å². The maximum absolute atomic E-state index is 11.2. The van der Waals surface area contributed by atoms with Gasteiger partial charge < -0.3 is 24.9 Å². The molecular weight excluding hydrogens is 276 g/mol. The zero-order valence-corrected chi connectivity index (χ0v) is 11.4. The van der Waals surface area contributed by atoms with Crippen LogP contribution in [0.1, 0.15) is 36.3 Å². The lowest BCUT2D eigenvalue weighted by atomic mass is 9.95. The maximum Gasteiger partial charge on any atom is 0.382 e. The average molecular weight is 294 g/mol. The summed E-state index contributed by atoms with van der Waals surface area (Å²) in [5.41, 5.74) is 0. The summed E-state index contributed by atoms with van der Waals surface area (Å²) in [5, 5.41) is 17.8. The van der Waals surface area contributed by atoms with Gasteiger partial charge in [0.05, 0.1) is 12.2 Å². The van der Waals surface area contributed by atoms with Crippen molar-refractivity contribution >= 4 is 5.97 Å². The van der Waals surface area contributed by atoms with Crippen molar-refractivity contribution in [2.45, 2.75) is 37.9 Å². The molecule has 2 aromatic heterocycles. The molecule has 114 valence electrons. The number of hydrogen-bond acceptors (Lipinski definition) is 6. The van der Waals surface area contributed by atoms with Crippen molar-refractivity contribution in [2.75, 3.05) is 0 Å². The number of hydrogen-bond donors (Lipinski definition) is 4. The quantitative estimate of drug-likeness (QED) is 0.602. The van der Waals surface area contributed by atoms with Gasteiger partial charge in [-0.15, -0.1) is 0 Å². The third-order valence-corrected chi connectivity index (χ3v) is 3.02. The first-order valence-electron chi connectivity index (χ1n) is 6.72. The minimum Gasteiger partial charge on any atom is -0.393 e. The van der Waals surface area contributed by atoms with Crippen LogP contribution in [0.15, 0.2) is 24.8 Å². The molecule has 0 amide bonds. The molecule has 0 aliphatic heterocycles. The van der Waals surface area contributed by atoms with Crippen molar-refractivity contribution in [1.29, 1.82) is 0 Å². The van der Waals surface area contributed by atoms with Crippen molar-refractivity contribution < 1.29 is 19.7 Å². The topological polar surface area (TPSA) is 124 Å². The molecule has 1 fully saturated rings. The van der Waals surface area contributed by atoms with E-state index in [0.29, 0.717) is 0 Å². The van der Waals surface area contributed by atoms with E-state index in [2.05, 4.69) is 19.9 Å². The smallest absolute Gasteiger partial charge is 0.382 e. The summed E-state index contributed by atoms with van der Waals surface area (Å²) in [6, 6.07) is 0.154. The number of carbonyl (C=O) groups is 1. The first-order chi connectivity index (χ1) is 10.1. The highest BCUT2D eigenvalue weighted by molar-refractivity contribution is 5.86. The number of rotatable bonds is 2. The highest BCUT2D eigenvalue weighted by Crippen LogP contribution is 2.17. The van der Waals surface area contributed by atoms with E-state index in [0.717, 1.165) is 25.7 Å². The molecule has 1 saturated carbocycles. The monoisotopic (exact) mass is 294 g/mol. The second-order valence-electron chi connectivity index (χ2n) is 4.68. The van der Waals surface area contributed by atoms with E-state index in [1.807, 2.05) is 0 Å². The van der Waals surface area contributed by atoms with Crippen LogP contribution in [0.5, 0.6) is 6.01 Å². The molecule has 0 unspecified atom stereocenters. The Bertz CT molecular complexity index is 508. The van der Waals surface area contributed by atoms with Crippen molar-refractivity contribution in [3.05, 3.63) is 30.6 Å². The second-order valence-corrected chi connectivity index (χ2v) is 4.68. The Morgan fingerprint density at radius 3 is 2.10 bits per heavy atom. The Morgan fingerprint density at radius 1 is 1.05 bits per heavy atom. The number of aromatic amines is 2. The van der Waals surface area contributed by atoms with Gasteiger partial charge in [0.2, 0.25) is 5.82 Å². The largest absolute Gasteiger partial charge is 0.393 e. The number of aliphatic hydroxyl groups is 2. The normalized spacial score (nSPS) is 21.2. The Hall–Kier alpha value is -2.19. The third-order valence-electron chi connectivity index (χ3n) is 3.02. The highest BCUT2D eigenvalue weighted by Gasteiger charge is 2.16. The van der Waals surface area contributed by atoms with Crippen LogP contribution in [-0.4, -0.2) is 48.3 Å². The Morgan fingerprint density at radius 2 is 1.62 bits per heavy atom. The van der Waals surface area contributed by atoms with E-state index in [9.17, 15) is 4.79 Å². The van der Waals surface area contributed by atoms with Gasteiger partial charge in [0.15, 0.2) is 0 Å². The van der Waals surface area contributed by atoms with Gasteiger partial charge in [0, 0.05) is 24.8 Å². The van der Waals surface area contributed by atoms with Crippen molar-refractivity contribution in [3.8, 4) is 6.01 Å². The summed E-state index contributed by atoms with van der Waals surface area (Å²) in [6.45, 7) is 0. The number of nitrogens with one attached hydrogen (secondary N) is 2. The summed E-state index contributed by atoms with van der Waals surface area (Å²) >= 11 is 0. The van der Waals surface area contributed by atoms with Crippen molar-refractivity contribution in [3.63, 3.8) is 0 Å². The van der Waals surface area contributed by atoms with Gasteiger partial charge in [-0.25, -0.2) is 14.8 Å². The predicted molar refractivity (Wildman–Crippen MR) is 72.6 cm³/mol. The molecule has 8 nitrogen and oxygen atoms in total. The standard InChI is InChI=1S/C7H6N4O2.C6H12O2/c12-6(5-8-1-2-9-5)13-7-10-3-4-11-7;7-5-1-2-6(8)4-3-5/h1-4H,(H,8,9)(H,10,11);5-8H,1-4H2. The number of ether oxygens (including phenoxy) is 1. The van der Waals surface area contributed by atoms with Gasteiger partial charge in [-0.1, -0.05) is 0 Å². The van der Waals surface area contributed by atoms with Crippen molar-refractivity contribution in [1.82, 2.24) is 19.9 Å². The molecule has 8 heteroatoms. The fraction of sp³-hybridized carbons (Fsp3) is 0.462. The maximum atomic E-state index is 11.2. The lowest BCUT2D eigenvalue weighted by Crippen LogP contribution is -2.21. The van der Waals surface area contributed by atoms with Gasteiger partial charge in [-0.3, -0.25) is 0 Å². The van der Waals surface area contributed by atoms with Gasteiger partial charge in [-0.2, -0.15) is 0 Å². The molecule has 0 radical (unpaired) electrons. The molecule has 1 aliphatic rings. The van der Waals surface area contributed by atoms with E-state index in [1.54, 1.807) is 12.4 Å². The van der Waals surface area contributed by atoms with Crippen LogP contribution in [0.25, 0.3) is 0 Å². The summed E-state index contributed by atoms with van der Waals surface area (Å²) in [4.78, 5) is 23.9. The molecule has 3 rings (SSSR count). The molecule has 4 N–H and O–H groups in total. The van der Waals surface area contributed by atoms with E-state index in [-0.39, 0.29) is 24.0 Å². The van der Waals surface area contributed by atoms with Crippen LogP contribution in [0, 0.1) is 0 Å². The first-order valence-corrected chi connectivity index (χ1v) is 6.72. The number of esters is 1. The van der Waals surface area contributed by atoms with E-state index >= 15 is 0 Å². The first kappa shape index (κ1) is 15.2. The number of aromatic nitrogens is 4. The Labute approximate surface area is 121 Å². The Kier molecular flexibility index (Phi) is 5.47. The third kappa shape index (κ3) is 5.01. The summed E-state index contributed by atoms with van der Waals surface area (Å²) in [6.07, 6.45) is 8.90. The molecule has 2 aromatic rings. The summed E-state index contributed by atoms with van der Waals surface area (Å²) in [7, 11) is 0. The minimum absolute atomic E-state index is 0.140. The van der Waals surface area contributed by atoms with Gasteiger partial charge in [0.25, 0.3) is 0 Å². The van der Waals surface area contributed by atoms with Gasteiger partial charge in [0.1, 0.15) is 0 Å². The molecule has 0 bridgehead atoms. The van der Waals surface area contributed by atoms with Gasteiger partial charge in [-0.05, 0) is 25.7 Å². The van der Waals surface area contributed by atoms with E-state index in [1.165, 1.54) is 12.4 Å². The molecular formula is C13H18N4O4. The molecule has 0 atom stereocenters. The second kappa shape index (κ2) is 7.55. The molecule has 0 saturated heterocycles. The van der Waals surface area contributed by atoms with Crippen LogP contribution in [0.4, 0.5) is 0 Å². The number of carbonyl (C=O) groups excluding carboxylic acids is 1. The molecule has 0 aromatic carbocycles. The fourth-order valence-corrected chi connectivity index (χ4v) is 1.88. The minimum atomic E-state index is -0.569. The molecule has 1 aliphatic carbocycles. The van der Waals surface area contributed by atoms with E-state index < -0.39 is 5.97 Å². The molecule has 0 spiro atoms. The van der Waals surface area contributed by atoms with Crippen LogP contribution in [0.2, 0.25) is 0 Å². The molecule has 21 heavy (non-hydrogen) atoms. The number of nitrogens with zero attached hydrogens (tertiary/aromatic N) is 2. The van der Waals surface area contributed by atoms with Crippen molar-refractivity contribution in [2.24, 2.45) is 0 Å². The zero-order valence-electron chi connectivity index (χ0n) is 11.4. The Balaban J connectivity index is 0.000000173. The SMILES string of the molecule is O=C(Oc1ncc[nH]1)c1ncc[nH]1.OC1CCC(O)CC1.